The van der Waals surface area contributed by atoms with Crippen molar-refractivity contribution in [3.63, 3.8) is 0 Å². The summed E-state index contributed by atoms with van der Waals surface area (Å²) in [6.45, 7) is 5.46. The Kier molecular flexibility index (Phi) is 7.03. The number of sulfonamides is 1. The summed E-state index contributed by atoms with van der Waals surface area (Å²) < 4.78 is 33.8. The van der Waals surface area contributed by atoms with Gasteiger partial charge in [0.25, 0.3) is 0 Å². The Labute approximate surface area is 167 Å². The second-order valence-corrected chi connectivity index (χ2v) is 10.1. The van der Waals surface area contributed by atoms with Gasteiger partial charge in [0.15, 0.2) is 5.13 Å². The van der Waals surface area contributed by atoms with E-state index in [9.17, 15) is 13.2 Å². The average Bonchev–Trinajstić information content (AvgIpc) is 3.06. The van der Waals surface area contributed by atoms with Gasteiger partial charge >= 0.3 is 5.97 Å². The lowest BCUT2D eigenvalue weighted by Gasteiger charge is -2.13. The molecular weight excluding hydrogens is 472 g/mol. The lowest BCUT2D eigenvalue weighted by Crippen LogP contribution is -2.19. The normalized spacial score (nSPS) is 12.6. The van der Waals surface area contributed by atoms with Crippen LogP contribution >= 0.6 is 50.2 Å². The lowest BCUT2D eigenvalue weighted by atomic mass is 10.3. The second-order valence-electron chi connectivity index (χ2n) is 4.77. The van der Waals surface area contributed by atoms with Crippen molar-refractivity contribution in [3.05, 3.63) is 38.6 Å². The number of thiophene rings is 1. The summed E-state index contributed by atoms with van der Waals surface area (Å²) in [6.07, 6.45) is 3.56. The number of ether oxygens (including phenoxy) is 1. The first-order chi connectivity index (χ1) is 11.8. The van der Waals surface area contributed by atoms with Gasteiger partial charge in [0.2, 0.25) is 15.1 Å². The zero-order valence-corrected chi connectivity index (χ0v) is 17.8. The van der Waals surface area contributed by atoms with Crippen LogP contribution < -0.4 is 9.46 Å². The van der Waals surface area contributed by atoms with Crippen molar-refractivity contribution in [2.75, 3.05) is 4.72 Å². The Hall–Kier alpha value is -0.940. The molecule has 0 radical (unpaired) electrons. The maximum absolute atomic E-state index is 12.6. The summed E-state index contributed by atoms with van der Waals surface area (Å²) in [5.74, 6) is -0.387. The van der Waals surface area contributed by atoms with E-state index in [-0.39, 0.29) is 22.6 Å². The van der Waals surface area contributed by atoms with Gasteiger partial charge in [-0.15, -0.1) is 17.9 Å². The van der Waals surface area contributed by atoms with Gasteiger partial charge in [-0.25, -0.2) is 13.4 Å². The van der Waals surface area contributed by atoms with Crippen molar-refractivity contribution in [2.45, 2.75) is 25.0 Å². The SMILES string of the molecule is C=CC(c1sc(Cl)cc1Br)S(=O)(=O)Nc1ncc(OC(=O)CCC)s1. The third-order valence-corrected chi connectivity index (χ3v) is 7.78. The van der Waals surface area contributed by atoms with E-state index < -0.39 is 15.3 Å². The molecule has 0 amide bonds. The van der Waals surface area contributed by atoms with Crippen molar-refractivity contribution in [3.8, 4) is 5.06 Å². The lowest BCUT2D eigenvalue weighted by molar-refractivity contribution is -0.134. The maximum Gasteiger partial charge on any atom is 0.312 e. The van der Waals surface area contributed by atoms with Crippen molar-refractivity contribution in [2.24, 2.45) is 0 Å². The number of nitrogens with zero attached hydrogens (tertiary/aromatic N) is 1. The van der Waals surface area contributed by atoms with E-state index in [0.717, 1.165) is 22.7 Å². The fourth-order valence-corrected chi connectivity index (χ4v) is 6.76. The molecule has 1 atom stereocenters. The van der Waals surface area contributed by atoms with Gasteiger partial charge in [-0.2, -0.15) is 0 Å². The second kappa shape index (κ2) is 8.63. The molecule has 0 fully saturated rings. The van der Waals surface area contributed by atoms with E-state index in [1.54, 1.807) is 6.07 Å². The number of halogens is 2. The minimum absolute atomic E-state index is 0.102. The molecule has 2 rings (SSSR count). The fourth-order valence-electron chi connectivity index (χ4n) is 1.83. The predicted molar refractivity (Wildman–Crippen MR) is 105 cm³/mol. The quantitative estimate of drug-likeness (QED) is 0.420. The number of anilines is 1. The maximum atomic E-state index is 12.6. The molecule has 0 spiro atoms. The molecule has 2 aromatic rings. The van der Waals surface area contributed by atoms with E-state index in [2.05, 4.69) is 32.2 Å². The third kappa shape index (κ3) is 5.27. The van der Waals surface area contributed by atoms with Crippen LogP contribution in [-0.2, 0) is 14.8 Å². The Balaban J connectivity index is 2.17. The number of thiazole rings is 1. The summed E-state index contributed by atoms with van der Waals surface area (Å²) in [6, 6.07) is 1.63. The molecule has 0 aliphatic carbocycles. The van der Waals surface area contributed by atoms with Gasteiger partial charge in [-0.05, 0) is 28.4 Å². The Bertz CT molecular complexity index is 879. The minimum atomic E-state index is -3.85. The average molecular weight is 486 g/mol. The smallest absolute Gasteiger partial charge is 0.312 e. The van der Waals surface area contributed by atoms with Crippen molar-refractivity contribution in [1.82, 2.24) is 4.98 Å². The highest BCUT2D eigenvalue weighted by atomic mass is 79.9. The van der Waals surface area contributed by atoms with Crippen LogP contribution in [0, 0.1) is 0 Å². The van der Waals surface area contributed by atoms with E-state index in [1.807, 2.05) is 6.92 Å². The molecule has 0 aliphatic heterocycles. The van der Waals surface area contributed by atoms with Crippen molar-refractivity contribution >= 4 is 71.3 Å². The molecule has 1 unspecified atom stereocenters. The van der Waals surface area contributed by atoms with Crippen molar-refractivity contribution in [1.29, 1.82) is 0 Å². The highest BCUT2D eigenvalue weighted by molar-refractivity contribution is 9.10. The topological polar surface area (TPSA) is 85.4 Å². The molecule has 0 bridgehead atoms. The van der Waals surface area contributed by atoms with E-state index >= 15 is 0 Å². The third-order valence-electron chi connectivity index (χ3n) is 2.87. The predicted octanol–water partition coefficient (Wildman–Crippen LogP) is 5.00. The molecule has 2 aromatic heterocycles. The Morgan fingerprint density at radius 1 is 1.56 bits per heavy atom. The van der Waals surface area contributed by atoms with E-state index in [1.165, 1.54) is 12.3 Å². The van der Waals surface area contributed by atoms with Gasteiger partial charge in [0.1, 0.15) is 5.25 Å². The molecule has 1 N–H and O–H groups in total. The number of hydrogen-bond donors (Lipinski definition) is 1. The van der Waals surface area contributed by atoms with Crippen LogP contribution in [0.25, 0.3) is 0 Å². The van der Waals surface area contributed by atoms with Gasteiger partial charge < -0.3 is 4.74 Å². The molecule has 0 aromatic carbocycles. The Morgan fingerprint density at radius 2 is 2.28 bits per heavy atom. The van der Waals surface area contributed by atoms with E-state index in [4.69, 9.17) is 16.3 Å². The van der Waals surface area contributed by atoms with Crippen LogP contribution in [0.5, 0.6) is 5.06 Å². The Morgan fingerprint density at radius 3 is 2.84 bits per heavy atom. The van der Waals surface area contributed by atoms with Gasteiger partial charge in [-0.1, -0.05) is 35.9 Å². The van der Waals surface area contributed by atoms with Crippen LogP contribution in [0.1, 0.15) is 29.9 Å². The molecule has 11 heteroatoms. The molecule has 0 saturated heterocycles. The molecule has 0 aliphatic rings. The number of carbonyl (C=O) groups excluding carboxylic acids is 1. The van der Waals surface area contributed by atoms with Crippen LogP contribution in [0.2, 0.25) is 4.34 Å². The molecule has 6 nitrogen and oxygen atoms in total. The highest BCUT2D eigenvalue weighted by Gasteiger charge is 2.29. The summed E-state index contributed by atoms with van der Waals surface area (Å²) >= 11 is 11.3. The largest absolute Gasteiger partial charge is 0.414 e. The van der Waals surface area contributed by atoms with Crippen LogP contribution in [0.4, 0.5) is 5.13 Å². The highest BCUT2D eigenvalue weighted by Crippen LogP contribution is 2.40. The first kappa shape index (κ1) is 20.4. The van der Waals surface area contributed by atoms with Gasteiger partial charge in [-0.3, -0.25) is 9.52 Å². The monoisotopic (exact) mass is 484 g/mol. The number of nitrogens with one attached hydrogen (secondary N) is 1. The number of rotatable bonds is 8. The first-order valence-electron chi connectivity index (χ1n) is 7.02. The van der Waals surface area contributed by atoms with Crippen molar-refractivity contribution < 1.29 is 17.9 Å². The van der Waals surface area contributed by atoms with Crippen LogP contribution in [-0.4, -0.2) is 19.4 Å². The molecule has 2 heterocycles. The van der Waals surface area contributed by atoms with E-state index in [0.29, 0.717) is 20.1 Å². The van der Waals surface area contributed by atoms with Crippen LogP contribution in [0.15, 0.2) is 29.4 Å². The minimum Gasteiger partial charge on any atom is -0.414 e. The zero-order valence-electron chi connectivity index (χ0n) is 13.0. The fraction of sp³-hybridized carbons (Fsp3) is 0.286. The first-order valence-corrected chi connectivity index (χ1v) is 11.4. The number of esters is 1. The summed E-state index contributed by atoms with van der Waals surface area (Å²) in [7, 11) is -3.85. The standard InChI is InChI=1S/C14H14BrClN2O4S3/c1-3-5-11(19)22-12-7-17-14(24-12)18-25(20,21)9(4-2)13-8(15)6-10(16)23-13/h4,6-7,9H,2-3,5H2,1H3,(H,17,18). The zero-order chi connectivity index (χ0) is 18.6. The number of carbonyl (C=O) groups is 1. The summed E-state index contributed by atoms with van der Waals surface area (Å²) in [4.78, 5) is 15.9. The molecule has 25 heavy (non-hydrogen) atoms. The van der Waals surface area contributed by atoms with Gasteiger partial charge in [0.05, 0.1) is 10.5 Å². The van der Waals surface area contributed by atoms with Gasteiger partial charge in [0, 0.05) is 15.8 Å². The number of aromatic nitrogens is 1. The summed E-state index contributed by atoms with van der Waals surface area (Å²) in [5, 5.41) is -0.675. The molecule has 0 saturated carbocycles. The molecular formula is C14H14BrClN2O4S3. The molecule has 136 valence electrons. The van der Waals surface area contributed by atoms with Crippen LogP contribution in [0.3, 0.4) is 0 Å². The number of hydrogen-bond acceptors (Lipinski definition) is 7. The summed E-state index contributed by atoms with van der Waals surface area (Å²) in [5.41, 5.74) is 0.